The molecule has 0 spiro atoms. The molecule has 0 saturated heterocycles. The highest BCUT2D eigenvalue weighted by Gasteiger charge is 2.09. The minimum atomic E-state index is 0.0638. The van der Waals surface area contributed by atoms with Crippen LogP contribution < -0.4 is 4.74 Å². The van der Waals surface area contributed by atoms with Crippen molar-refractivity contribution in [1.82, 2.24) is 4.98 Å². The fourth-order valence-electron chi connectivity index (χ4n) is 1.36. The minimum absolute atomic E-state index is 0.0638. The summed E-state index contributed by atoms with van der Waals surface area (Å²) in [4.78, 5) is 16.9. The number of rotatable bonds is 4. The lowest BCUT2D eigenvalue weighted by Crippen LogP contribution is -2.03. The maximum absolute atomic E-state index is 11.9. The Morgan fingerprint density at radius 2 is 2.38 bits per heavy atom. The summed E-state index contributed by atoms with van der Waals surface area (Å²) in [6, 6.07) is 5.61. The Morgan fingerprint density at radius 3 is 3.06 bits per heavy atom. The van der Waals surface area contributed by atoms with Crippen LogP contribution in [0.15, 0.2) is 36.0 Å². The van der Waals surface area contributed by atoms with E-state index in [2.05, 4.69) is 4.98 Å². The summed E-state index contributed by atoms with van der Waals surface area (Å²) in [6.07, 6.45) is 3.58. The summed E-state index contributed by atoms with van der Waals surface area (Å²) < 4.78 is 5.03. The van der Waals surface area contributed by atoms with Crippen molar-refractivity contribution in [2.45, 2.75) is 6.42 Å². The van der Waals surface area contributed by atoms with E-state index in [4.69, 9.17) is 4.74 Å². The number of pyridine rings is 1. The number of methoxy groups -OCH3 is 1. The van der Waals surface area contributed by atoms with Gasteiger partial charge in [0.25, 0.3) is 0 Å². The van der Waals surface area contributed by atoms with Crippen molar-refractivity contribution in [3.63, 3.8) is 0 Å². The van der Waals surface area contributed by atoms with Crippen molar-refractivity contribution in [3.05, 3.63) is 46.4 Å². The second-order valence-corrected chi connectivity index (χ2v) is 4.33. The average Bonchev–Trinajstić information content (AvgIpc) is 2.82. The smallest absolute Gasteiger partial charge is 0.169 e. The lowest BCUT2D eigenvalue weighted by atomic mass is 10.1. The number of carbonyl (C=O) groups excluding carboxylic acids is 1. The Morgan fingerprint density at radius 1 is 1.50 bits per heavy atom. The zero-order chi connectivity index (χ0) is 11.4. The Labute approximate surface area is 97.7 Å². The fourth-order valence-corrected chi connectivity index (χ4v) is 2.06. The molecule has 0 fully saturated rings. The molecule has 3 nitrogen and oxygen atoms in total. The molecule has 0 aliphatic rings. The van der Waals surface area contributed by atoms with E-state index in [1.54, 1.807) is 36.9 Å². The molecule has 2 aromatic heterocycles. The number of aromatic nitrogens is 1. The quantitative estimate of drug-likeness (QED) is 0.762. The minimum Gasteiger partial charge on any atom is -0.495 e. The fraction of sp³-hybridized carbons (Fsp3) is 0.167. The molecular formula is C12H11NO2S. The first kappa shape index (κ1) is 10.8. The summed E-state index contributed by atoms with van der Waals surface area (Å²) in [7, 11) is 1.56. The molecule has 0 saturated carbocycles. The van der Waals surface area contributed by atoms with Gasteiger partial charge in [0.1, 0.15) is 5.75 Å². The molecule has 0 radical (unpaired) electrons. The Bertz CT molecular complexity index is 480. The summed E-state index contributed by atoms with van der Waals surface area (Å²) in [5.41, 5.74) is 0.591. The van der Waals surface area contributed by atoms with Crippen LogP contribution in [0.2, 0.25) is 0 Å². The van der Waals surface area contributed by atoms with E-state index >= 15 is 0 Å². The van der Waals surface area contributed by atoms with E-state index < -0.39 is 0 Å². The van der Waals surface area contributed by atoms with Crippen molar-refractivity contribution in [2.24, 2.45) is 0 Å². The Balaban J connectivity index is 2.14. The SMILES string of the molecule is COc1cncc(C(=O)Cc2cccs2)c1. The van der Waals surface area contributed by atoms with Gasteiger partial charge in [-0.2, -0.15) is 0 Å². The molecule has 2 heterocycles. The lowest BCUT2D eigenvalue weighted by Gasteiger charge is -2.02. The van der Waals surface area contributed by atoms with Gasteiger partial charge in [-0.25, -0.2) is 0 Å². The topological polar surface area (TPSA) is 39.2 Å². The number of ether oxygens (including phenoxy) is 1. The maximum Gasteiger partial charge on any atom is 0.169 e. The number of thiophene rings is 1. The molecule has 0 unspecified atom stereocenters. The average molecular weight is 233 g/mol. The molecule has 2 rings (SSSR count). The van der Waals surface area contributed by atoms with Gasteiger partial charge in [-0.05, 0) is 17.5 Å². The van der Waals surface area contributed by atoms with Crippen molar-refractivity contribution >= 4 is 17.1 Å². The van der Waals surface area contributed by atoms with Crippen LogP contribution >= 0.6 is 11.3 Å². The van der Waals surface area contributed by atoms with Gasteiger partial charge in [-0.3, -0.25) is 9.78 Å². The molecule has 82 valence electrons. The van der Waals surface area contributed by atoms with E-state index in [1.807, 2.05) is 17.5 Å². The second kappa shape index (κ2) is 4.90. The van der Waals surface area contributed by atoms with Gasteiger partial charge < -0.3 is 4.74 Å². The van der Waals surface area contributed by atoms with Crippen LogP contribution in [-0.2, 0) is 6.42 Å². The lowest BCUT2D eigenvalue weighted by molar-refractivity contribution is 0.0993. The molecule has 0 bridgehead atoms. The molecule has 0 N–H and O–H groups in total. The first-order valence-electron chi connectivity index (χ1n) is 4.84. The van der Waals surface area contributed by atoms with Crippen molar-refractivity contribution in [2.75, 3.05) is 7.11 Å². The van der Waals surface area contributed by atoms with E-state index in [-0.39, 0.29) is 5.78 Å². The van der Waals surface area contributed by atoms with Crippen molar-refractivity contribution in [3.8, 4) is 5.75 Å². The number of hydrogen-bond donors (Lipinski definition) is 0. The summed E-state index contributed by atoms with van der Waals surface area (Å²) >= 11 is 1.58. The molecule has 0 aromatic carbocycles. The number of ketones is 1. The van der Waals surface area contributed by atoms with Crippen LogP contribution in [0.3, 0.4) is 0 Å². The van der Waals surface area contributed by atoms with Gasteiger partial charge >= 0.3 is 0 Å². The predicted molar refractivity (Wildman–Crippen MR) is 63.1 cm³/mol. The van der Waals surface area contributed by atoms with Gasteiger partial charge in [0.05, 0.1) is 13.3 Å². The van der Waals surface area contributed by atoms with E-state index in [0.717, 1.165) is 4.88 Å². The van der Waals surface area contributed by atoms with Crippen LogP contribution in [0.25, 0.3) is 0 Å². The standard InChI is InChI=1S/C12H11NO2S/c1-15-10-5-9(7-13-8-10)12(14)6-11-3-2-4-16-11/h2-5,7-8H,6H2,1H3. The highest BCUT2D eigenvalue weighted by Crippen LogP contribution is 2.15. The van der Waals surface area contributed by atoms with E-state index in [0.29, 0.717) is 17.7 Å². The largest absolute Gasteiger partial charge is 0.495 e. The predicted octanol–water partition coefficient (Wildman–Crippen LogP) is 2.58. The molecule has 0 aliphatic carbocycles. The second-order valence-electron chi connectivity index (χ2n) is 3.29. The van der Waals surface area contributed by atoms with Crippen LogP contribution in [0.5, 0.6) is 5.75 Å². The number of hydrogen-bond acceptors (Lipinski definition) is 4. The summed E-state index contributed by atoms with van der Waals surface area (Å²) in [5, 5.41) is 1.96. The number of Topliss-reactive ketones (excluding diaryl/α,β-unsaturated/α-hetero) is 1. The van der Waals surface area contributed by atoms with Crippen LogP contribution in [0, 0.1) is 0 Å². The van der Waals surface area contributed by atoms with Crippen LogP contribution in [0.1, 0.15) is 15.2 Å². The molecular weight excluding hydrogens is 222 g/mol. The third-order valence-corrected chi connectivity index (χ3v) is 3.06. The van der Waals surface area contributed by atoms with Gasteiger partial charge in [-0.15, -0.1) is 11.3 Å². The summed E-state index contributed by atoms with van der Waals surface area (Å²) in [6.45, 7) is 0. The van der Waals surface area contributed by atoms with Gasteiger partial charge in [0.2, 0.25) is 0 Å². The maximum atomic E-state index is 11.9. The Kier molecular flexibility index (Phi) is 3.31. The molecule has 4 heteroatoms. The Hall–Kier alpha value is -1.68. The van der Waals surface area contributed by atoms with Crippen LogP contribution in [0.4, 0.5) is 0 Å². The van der Waals surface area contributed by atoms with Crippen molar-refractivity contribution < 1.29 is 9.53 Å². The van der Waals surface area contributed by atoms with Gasteiger partial charge in [0.15, 0.2) is 5.78 Å². The highest BCUT2D eigenvalue weighted by molar-refractivity contribution is 7.10. The highest BCUT2D eigenvalue weighted by atomic mass is 32.1. The van der Waals surface area contributed by atoms with E-state index in [9.17, 15) is 4.79 Å². The number of nitrogens with zero attached hydrogens (tertiary/aromatic N) is 1. The number of carbonyl (C=O) groups is 1. The molecule has 16 heavy (non-hydrogen) atoms. The zero-order valence-corrected chi connectivity index (χ0v) is 9.66. The van der Waals surface area contributed by atoms with E-state index in [1.165, 1.54) is 0 Å². The molecule has 2 aromatic rings. The van der Waals surface area contributed by atoms with Gasteiger partial charge in [-0.1, -0.05) is 6.07 Å². The van der Waals surface area contributed by atoms with Crippen molar-refractivity contribution in [1.29, 1.82) is 0 Å². The third kappa shape index (κ3) is 2.46. The first-order valence-corrected chi connectivity index (χ1v) is 5.72. The van der Waals surface area contributed by atoms with Gasteiger partial charge in [0, 0.05) is 23.1 Å². The third-order valence-electron chi connectivity index (χ3n) is 2.19. The normalized spacial score (nSPS) is 10.1. The monoisotopic (exact) mass is 233 g/mol. The molecule has 0 atom stereocenters. The summed E-state index contributed by atoms with van der Waals surface area (Å²) in [5.74, 6) is 0.672. The zero-order valence-electron chi connectivity index (χ0n) is 8.84. The molecule has 0 aliphatic heterocycles. The van der Waals surface area contributed by atoms with Crippen LogP contribution in [-0.4, -0.2) is 17.9 Å². The molecule has 0 amide bonds. The first-order chi connectivity index (χ1) is 7.79.